The van der Waals surface area contributed by atoms with Crippen molar-refractivity contribution < 1.29 is 22.4 Å². The maximum absolute atomic E-state index is 12.0. The molecule has 1 fully saturated rings. The molecule has 2 rings (SSSR count). The highest BCUT2D eigenvalue weighted by Crippen LogP contribution is 2.16. The van der Waals surface area contributed by atoms with Crippen LogP contribution in [0.1, 0.15) is 18.6 Å². The molecule has 1 aliphatic rings. The first-order valence-corrected chi connectivity index (χ1v) is 8.43. The molecular weight excluding hydrogens is 308 g/mol. The Morgan fingerprint density at radius 1 is 1.45 bits per heavy atom. The molecule has 0 unspecified atom stereocenters. The first kappa shape index (κ1) is 16.3. The number of sulfonamides is 1. The molecule has 22 heavy (non-hydrogen) atoms. The summed E-state index contributed by atoms with van der Waals surface area (Å²) in [7, 11) is -3.79. The SMILES string of the molecule is N#C/C(=C/c1ccco1)C(=O)NS(=O)(=O)CC1CCOCC1. The van der Waals surface area contributed by atoms with E-state index >= 15 is 0 Å². The van der Waals surface area contributed by atoms with Gasteiger partial charge in [0.1, 0.15) is 17.4 Å². The van der Waals surface area contributed by atoms with Gasteiger partial charge in [-0.1, -0.05) is 0 Å². The van der Waals surface area contributed by atoms with E-state index in [1.54, 1.807) is 18.2 Å². The lowest BCUT2D eigenvalue weighted by Gasteiger charge is -2.21. The van der Waals surface area contributed by atoms with Gasteiger partial charge in [0, 0.05) is 19.3 Å². The average Bonchev–Trinajstić information content (AvgIpc) is 2.97. The Morgan fingerprint density at radius 3 is 2.77 bits per heavy atom. The number of nitrogens with one attached hydrogen (secondary N) is 1. The van der Waals surface area contributed by atoms with Gasteiger partial charge in [-0.15, -0.1) is 0 Å². The zero-order chi connectivity index (χ0) is 16.0. The predicted molar refractivity (Wildman–Crippen MR) is 77.8 cm³/mol. The van der Waals surface area contributed by atoms with E-state index in [9.17, 15) is 13.2 Å². The lowest BCUT2D eigenvalue weighted by atomic mass is 10.0. The summed E-state index contributed by atoms with van der Waals surface area (Å²) in [6.07, 6.45) is 3.87. The molecule has 1 saturated heterocycles. The second-order valence-corrected chi connectivity index (χ2v) is 6.72. The number of rotatable bonds is 5. The molecule has 0 bridgehead atoms. The van der Waals surface area contributed by atoms with Gasteiger partial charge in [-0.3, -0.25) is 4.79 Å². The molecule has 0 atom stereocenters. The summed E-state index contributed by atoms with van der Waals surface area (Å²) in [5.74, 6) is -0.847. The van der Waals surface area contributed by atoms with Gasteiger partial charge in [0.15, 0.2) is 0 Å². The number of furan rings is 1. The Labute approximate surface area is 128 Å². The Kier molecular flexibility index (Phi) is 5.35. The predicted octanol–water partition coefficient (Wildman–Crippen LogP) is 1.06. The molecule has 7 nitrogen and oxygen atoms in total. The molecule has 0 spiro atoms. The van der Waals surface area contributed by atoms with Crippen molar-refractivity contribution >= 4 is 22.0 Å². The number of hydrogen-bond donors (Lipinski definition) is 1. The van der Waals surface area contributed by atoms with Crippen LogP contribution >= 0.6 is 0 Å². The second kappa shape index (κ2) is 7.24. The van der Waals surface area contributed by atoms with Crippen LogP contribution in [-0.2, 0) is 19.6 Å². The molecule has 0 radical (unpaired) electrons. The van der Waals surface area contributed by atoms with Gasteiger partial charge >= 0.3 is 0 Å². The zero-order valence-corrected chi connectivity index (χ0v) is 12.6. The van der Waals surface area contributed by atoms with Crippen LogP contribution in [0.3, 0.4) is 0 Å². The largest absolute Gasteiger partial charge is 0.465 e. The third-order valence-corrected chi connectivity index (χ3v) is 4.65. The monoisotopic (exact) mass is 324 g/mol. The Morgan fingerprint density at radius 2 is 2.18 bits per heavy atom. The van der Waals surface area contributed by atoms with E-state index in [0.717, 1.165) is 0 Å². The molecule has 8 heteroatoms. The standard InChI is InChI=1S/C14H16N2O5S/c15-9-12(8-13-2-1-5-21-13)14(17)16-22(18,19)10-11-3-6-20-7-4-11/h1-2,5,8,11H,3-4,6-7,10H2,(H,16,17)/b12-8-. The van der Waals surface area contributed by atoms with Gasteiger partial charge in [0.2, 0.25) is 10.0 Å². The van der Waals surface area contributed by atoms with E-state index < -0.39 is 15.9 Å². The van der Waals surface area contributed by atoms with E-state index in [2.05, 4.69) is 0 Å². The molecule has 118 valence electrons. The smallest absolute Gasteiger partial charge is 0.275 e. The summed E-state index contributed by atoms with van der Waals surface area (Å²) in [5, 5.41) is 8.98. The van der Waals surface area contributed by atoms with Crippen molar-refractivity contribution in [2.24, 2.45) is 5.92 Å². The van der Waals surface area contributed by atoms with Crippen LogP contribution in [0.2, 0.25) is 0 Å². The van der Waals surface area contributed by atoms with Crippen molar-refractivity contribution in [3.63, 3.8) is 0 Å². The maximum atomic E-state index is 12.0. The minimum atomic E-state index is -3.79. The highest BCUT2D eigenvalue weighted by molar-refractivity contribution is 7.90. The molecule has 0 aromatic carbocycles. The molecule has 1 amide bonds. The van der Waals surface area contributed by atoms with Crippen LogP contribution in [0.5, 0.6) is 0 Å². The lowest BCUT2D eigenvalue weighted by molar-refractivity contribution is -0.115. The molecule has 1 aromatic rings. The Hall–Kier alpha value is -2.11. The van der Waals surface area contributed by atoms with Crippen molar-refractivity contribution in [1.29, 1.82) is 5.26 Å². The first-order chi connectivity index (χ1) is 10.5. The summed E-state index contributed by atoms with van der Waals surface area (Å²) < 4.78 is 36.1. The molecule has 1 aliphatic heterocycles. The number of hydrogen-bond acceptors (Lipinski definition) is 6. The highest BCUT2D eigenvalue weighted by Gasteiger charge is 2.24. The van der Waals surface area contributed by atoms with Crippen molar-refractivity contribution in [3.8, 4) is 6.07 Å². The van der Waals surface area contributed by atoms with Gasteiger partial charge in [-0.25, -0.2) is 13.1 Å². The average molecular weight is 324 g/mol. The normalized spacial score (nSPS) is 17.0. The van der Waals surface area contributed by atoms with E-state index in [4.69, 9.17) is 14.4 Å². The van der Waals surface area contributed by atoms with Gasteiger partial charge < -0.3 is 9.15 Å². The molecule has 0 saturated carbocycles. The van der Waals surface area contributed by atoms with E-state index in [1.165, 1.54) is 12.3 Å². The number of carbonyl (C=O) groups excluding carboxylic acids is 1. The zero-order valence-electron chi connectivity index (χ0n) is 11.8. The fourth-order valence-corrected chi connectivity index (χ4v) is 3.56. The summed E-state index contributed by atoms with van der Waals surface area (Å²) in [6.45, 7) is 1.05. The Balaban J connectivity index is 2.01. The minimum Gasteiger partial charge on any atom is -0.465 e. The molecule has 2 heterocycles. The second-order valence-electron chi connectivity index (χ2n) is 4.95. The number of amides is 1. The highest BCUT2D eigenvalue weighted by atomic mass is 32.2. The van der Waals surface area contributed by atoms with Crippen LogP contribution in [0, 0.1) is 17.2 Å². The topological polar surface area (TPSA) is 109 Å². The van der Waals surface area contributed by atoms with Crippen LogP contribution in [-0.4, -0.2) is 33.3 Å². The maximum Gasteiger partial charge on any atom is 0.275 e. The third kappa shape index (κ3) is 4.72. The number of ether oxygens (including phenoxy) is 1. The quantitative estimate of drug-likeness (QED) is 0.640. The third-order valence-electron chi connectivity index (χ3n) is 3.24. The van der Waals surface area contributed by atoms with Crippen molar-refractivity contribution in [1.82, 2.24) is 4.72 Å². The van der Waals surface area contributed by atoms with Crippen molar-refractivity contribution in [3.05, 3.63) is 29.7 Å². The summed E-state index contributed by atoms with van der Waals surface area (Å²) in [5.41, 5.74) is -0.328. The molecule has 1 aromatic heterocycles. The fraction of sp³-hybridized carbons (Fsp3) is 0.429. The van der Waals surface area contributed by atoms with Gasteiger partial charge in [0.25, 0.3) is 5.91 Å². The van der Waals surface area contributed by atoms with Crippen LogP contribution in [0.25, 0.3) is 6.08 Å². The molecule has 0 aliphatic carbocycles. The summed E-state index contributed by atoms with van der Waals surface area (Å²) >= 11 is 0. The lowest BCUT2D eigenvalue weighted by Crippen LogP contribution is -2.36. The molecule has 1 N–H and O–H groups in total. The van der Waals surface area contributed by atoms with Gasteiger partial charge in [0.05, 0.1) is 12.0 Å². The van der Waals surface area contributed by atoms with Crippen molar-refractivity contribution in [2.45, 2.75) is 12.8 Å². The fourth-order valence-electron chi connectivity index (χ4n) is 2.13. The van der Waals surface area contributed by atoms with Crippen LogP contribution in [0.15, 0.2) is 28.4 Å². The van der Waals surface area contributed by atoms with E-state index in [-0.39, 0.29) is 17.2 Å². The van der Waals surface area contributed by atoms with E-state index in [1.807, 2.05) is 4.72 Å². The van der Waals surface area contributed by atoms with Gasteiger partial charge in [-0.05, 0) is 30.9 Å². The minimum absolute atomic E-state index is 0.0429. The summed E-state index contributed by atoms with van der Waals surface area (Å²) in [6, 6.07) is 4.83. The number of nitriles is 1. The first-order valence-electron chi connectivity index (χ1n) is 6.78. The van der Waals surface area contributed by atoms with Crippen LogP contribution < -0.4 is 4.72 Å². The van der Waals surface area contributed by atoms with Crippen LogP contribution in [0.4, 0.5) is 0 Å². The molecular formula is C14H16N2O5S. The van der Waals surface area contributed by atoms with E-state index in [0.29, 0.717) is 31.8 Å². The Bertz CT molecular complexity index is 679. The number of carbonyl (C=O) groups is 1. The van der Waals surface area contributed by atoms with Gasteiger partial charge in [-0.2, -0.15) is 5.26 Å². The van der Waals surface area contributed by atoms with Crippen molar-refractivity contribution in [2.75, 3.05) is 19.0 Å². The summed E-state index contributed by atoms with van der Waals surface area (Å²) in [4.78, 5) is 11.9. The number of nitrogens with zero attached hydrogens (tertiary/aromatic N) is 1.